The average Bonchev–Trinajstić information content (AvgIpc) is 3.15. The summed E-state index contributed by atoms with van der Waals surface area (Å²) >= 11 is 3.46. The fourth-order valence-electron chi connectivity index (χ4n) is 2.89. The van der Waals surface area contributed by atoms with Gasteiger partial charge in [-0.3, -0.25) is 4.98 Å². The third-order valence-corrected chi connectivity index (χ3v) is 4.83. The van der Waals surface area contributed by atoms with Crippen LogP contribution in [0.4, 0.5) is 5.88 Å². The topological polar surface area (TPSA) is 51.0 Å². The van der Waals surface area contributed by atoms with E-state index < -0.39 is 0 Å². The number of benzene rings is 2. The number of rotatable bonds is 6. The maximum Gasteiger partial charge on any atom is 0.225 e. The highest BCUT2D eigenvalue weighted by molar-refractivity contribution is 9.10. The normalized spacial score (nSPS) is 11.0. The molecule has 0 bridgehead atoms. The third kappa shape index (κ3) is 3.94. The Morgan fingerprint density at radius 1 is 0.962 bits per heavy atom. The lowest BCUT2D eigenvalue weighted by Gasteiger charge is -2.03. The van der Waals surface area contributed by atoms with E-state index in [4.69, 9.17) is 4.52 Å². The third-order valence-electron chi connectivity index (χ3n) is 4.30. The van der Waals surface area contributed by atoms with Crippen molar-refractivity contribution in [3.05, 3.63) is 77.0 Å². The number of nitrogens with zero attached hydrogens (tertiary/aromatic N) is 2. The largest absolute Gasteiger partial charge is 0.354 e. The van der Waals surface area contributed by atoms with E-state index in [-0.39, 0.29) is 0 Å². The molecule has 2 heterocycles. The van der Waals surface area contributed by atoms with Gasteiger partial charge in [0, 0.05) is 40.4 Å². The lowest BCUT2D eigenvalue weighted by atomic mass is 10.1. The van der Waals surface area contributed by atoms with Crippen molar-refractivity contribution in [3.8, 4) is 11.3 Å². The molecule has 0 atom stereocenters. The van der Waals surface area contributed by atoms with Crippen LogP contribution in [0.3, 0.4) is 0 Å². The maximum absolute atomic E-state index is 5.42. The number of aryl methyl sites for hydroxylation is 1. The van der Waals surface area contributed by atoms with Gasteiger partial charge in [-0.25, -0.2) is 0 Å². The Bertz CT molecular complexity index is 1010. The Kier molecular flexibility index (Phi) is 4.97. The van der Waals surface area contributed by atoms with Gasteiger partial charge < -0.3 is 9.84 Å². The van der Waals surface area contributed by atoms with Crippen LogP contribution in [0.1, 0.15) is 12.0 Å². The first-order valence-corrected chi connectivity index (χ1v) is 9.36. The van der Waals surface area contributed by atoms with Crippen molar-refractivity contribution in [2.24, 2.45) is 0 Å². The van der Waals surface area contributed by atoms with Gasteiger partial charge >= 0.3 is 0 Å². The number of pyridine rings is 1. The first kappa shape index (κ1) is 16.8. The van der Waals surface area contributed by atoms with Crippen LogP contribution in [0.15, 0.2) is 76.0 Å². The lowest BCUT2D eigenvalue weighted by Crippen LogP contribution is -2.01. The molecular weight excluding hydrogens is 390 g/mol. The summed E-state index contributed by atoms with van der Waals surface area (Å²) in [7, 11) is 0. The van der Waals surface area contributed by atoms with Gasteiger partial charge in [0.1, 0.15) is 5.69 Å². The van der Waals surface area contributed by atoms with Crippen molar-refractivity contribution in [2.75, 3.05) is 11.9 Å². The van der Waals surface area contributed by atoms with Crippen molar-refractivity contribution < 1.29 is 4.52 Å². The van der Waals surface area contributed by atoms with Crippen molar-refractivity contribution >= 4 is 32.6 Å². The van der Waals surface area contributed by atoms with Gasteiger partial charge in [0.25, 0.3) is 0 Å². The molecule has 26 heavy (non-hydrogen) atoms. The van der Waals surface area contributed by atoms with Crippen LogP contribution < -0.4 is 5.32 Å². The molecule has 0 spiro atoms. The first-order chi connectivity index (χ1) is 12.8. The quantitative estimate of drug-likeness (QED) is 0.416. The van der Waals surface area contributed by atoms with E-state index in [1.165, 1.54) is 5.56 Å². The lowest BCUT2D eigenvalue weighted by molar-refractivity contribution is 0.434. The van der Waals surface area contributed by atoms with Crippen molar-refractivity contribution in [1.29, 1.82) is 0 Å². The molecular formula is C21H18BrN3O. The van der Waals surface area contributed by atoms with Gasteiger partial charge in [-0.05, 0) is 48.1 Å². The standard InChI is InChI=1S/C21H18BrN3O/c22-19-7-3-15(4-8-19)2-1-10-24-21-13-20(25-26-21)17-5-6-18-14-23-11-9-16(18)12-17/h3-9,11-14,24H,1-2,10H2. The summed E-state index contributed by atoms with van der Waals surface area (Å²) in [6.45, 7) is 0.841. The summed E-state index contributed by atoms with van der Waals surface area (Å²) in [6, 6.07) is 18.6. The highest BCUT2D eigenvalue weighted by atomic mass is 79.9. The highest BCUT2D eigenvalue weighted by Crippen LogP contribution is 2.25. The Morgan fingerprint density at radius 3 is 2.73 bits per heavy atom. The van der Waals surface area contributed by atoms with Crippen molar-refractivity contribution in [3.63, 3.8) is 0 Å². The van der Waals surface area contributed by atoms with E-state index in [0.717, 1.165) is 45.9 Å². The molecule has 0 unspecified atom stereocenters. The second kappa shape index (κ2) is 7.70. The monoisotopic (exact) mass is 407 g/mol. The Labute approximate surface area is 160 Å². The zero-order chi connectivity index (χ0) is 17.8. The molecule has 0 radical (unpaired) electrons. The Hall–Kier alpha value is -2.66. The predicted octanol–water partition coefficient (Wildman–Crippen LogP) is 5.70. The van der Waals surface area contributed by atoms with Gasteiger partial charge in [0.2, 0.25) is 5.88 Å². The summed E-state index contributed by atoms with van der Waals surface area (Å²) in [5.74, 6) is 0.700. The smallest absolute Gasteiger partial charge is 0.225 e. The molecule has 5 heteroatoms. The number of nitrogens with one attached hydrogen (secondary N) is 1. The zero-order valence-electron chi connectivity index (χ0n) is 14.2. The molecule has 0 amide bonds. The number of halogens is 1. The Balaban J connectivity index is 1.35. The van der Waals surface area contributed by atoms with E-state index in [2.05, 4.69) is 67.8 Å². The van der Waals surface area contributed by atoms with Crippen molar-refractivity contribution in [1.82, 2.24) is 10.1 Å². The summed E-state index contributed by atoms with van der Waals surface area (Å²) in [4.78, 5) is 4.14. The fourth-order valence-corrected chi connectivity index (χ4v) is 3.16. The van der Waals surface area contributed by atoms with Crippen LogP contribution in [0.5, 0.6) is 0 Å². The maximum atomic E-state index is 5.42. The summed E-state index contributed by atoms with van der Waals surface area (Å²) in [6.07, 6.45) is 5.72. The minimum absolute atomic E-state index is 0.700. The van der Waals surface area contributed by atoms with Crippen LogP contribution in [-0.4, -0.2) is 16.7 Å². The van der Waals surface area contributed by atoms with E-state index in [0.29, 0.717) is 5.88 Å². The van der Waals surface area contributed by atoms with Gasteiger partial charge in [0.05, 0.1) is 0 Å². The van der Waals surface area contributed by atoms with Crippen molar-refractivity contribution in [2.45, 2.75) is 12.8 Å². The molecule has 0 saturated heterocycles. The molecule has 4 aromatic rings. The van der Waals surface area contributed by atoms with Gasteiger partial charge in [-0.1, -0.05) is 45.4 Å². The number of hydrogen-bond donors (Lipinski definition) is 1. The molecule has 4 rings (SSSR count). The SMILES string of the molecule is Brc1ccc(CCCNc2cc(-c3ccc4cnccc4c3)no2)cc1. The second-order valence-corrected chi connectivity index (χ2v) is 7.09. The first-order valence-electron chi connectivity index (χ1n) is 8.57. The van der Waals surface area contributed by atoms with Gasteiger partial charge in [0.15, 0.2) is 0 Å². The van der Waals surface area contributed by atoms with Crippen LogP contribution in [0, 0.1) is 0 Å². The fraction of sp³-hybridized carbons (Fsp3) is 0.143. The number of aromatic nitrogens is 2. The predicted molar refractivity (Wildman–Crippen MR) is 108 cm³/mol. The molecule has 2 aromatic carbocycles. The van der Waals surface area contributed by atoms with Crippen LogP contribution >= 0.6 is 15.9 Å². The highest BCUT2D eigenvalue weighted by Gasteiger charge is 2.07. The van der Waals surface area contributed by atoms with Crippen LogP contribution in [0.25, 0.3) is 22.0 Å². The average molecular weight is 408 g/mol. The minimum atomic E-state index is 0.700. The molecule has 0 saturated carbocycles. The zero-order valence-corrected chi connectivity index (χ0v) is 15.7. The van der Waals surface area contributed by atoms with Gasteiger partial charge in [-0.15, -0.1) is 0 Å². The molecule has 130 valence electrons. The van der Waals surface area contributed by atoms with E-state index >= 15 is 0 Å². The van der Waals surface area contributed by atoms with Crippen LogP contribution in [0.2, 0.25) is 0 Å². The molecule has 0 fully saturated rings. The van der Waals surface area contributed by atoms with Gasteiger partial charge in [-0.2, -0.15) is 0 Å². The molecule has 0 aliphatic heterocycles. The second-order valence-electron chi connectivity index (χ2n) is 6.17. The summed E-state index contributed by atoms with van der Waals surface area (Å²) < 4.78 is 6.53. The van der Waals surface area contributed by atoms with Crippen LogP contribution in [-0.2, 0) is 6.42 Å². The Morgan fingerprint density at radius 2 is 1.85 bits per heavy atom. The van der Waals surface area contributed by atoms with E-state index in [9.17, 15) is 0 Å². The molecule has 1 N–H and O–H groups in total. The van der Waals surface area contributed by atoms with E-state index in [1.54, 1.807) is 6.20 Å². The molecule has 2 aromatic heterocycles. The summed E-state index contributed by atoms with van der Waals surface area (Å²) in [5, 5.41) is 9.75. The molecule has 0 aliphatic rings. The number of hydrogen-bond acceptors (Lipinski definition) is 4. The summed E-state index contributed by atoms with van der Waals surface area (Å²) in [5.41, 5.74) is 3.20. The van der Waals surface area contributed by atoms with E-state index in [1.807, 2.05) is 24.4 Å². The number of anilines is 1. The molecule has 0 aliphatic carbocycles. The molecule has 4 nitrogen and oxygen atoms in total. The minimum Gasteiger partial charge on any atom is -0.354 e. The number of fused-ring (bicyclic) bond motifs is 1.